The van der Waals surface area contributed by atoms with Crippen LogP contribution in [0.15, 0.2) is 47.1 Å². The molecule has 1 aromatic heterocycles. The Morgan fingerprint density at radius 2 is 2.16 bits per heavy atom. The summed E-state index contributed by atoms with van der Waals surface area (Å²) in [5.74, 6) is -1.13. The number of nitrogens with zero attached hydrogens (tertiary/aromatic N) is 2. The minimum absolute atomic E-state index is 0.0139. The molecule has 0 saturated heterocycles. The zero-order valence-electron chi connectivity index (χ0n) is 10.3. The van der Waals surface area contributed by atoms with Gasteiger partial charge in [0.2, 0.25) is 5.95 Å². The first-order valence-electron chi connectivity index (χ1n) is 5.68. The molecule has 1 amide bonds. The van der Waals surface area contributed by atoms with Gasteiger partial charge in [-0.3, -0.25) is 4.79 Å². The molecule has 5 heteroatoms. The lowest BCUT2D eigenvalue weighted by Gasteiger charge is -2.17. The van der Waals surface area contributed by atoms with Crippen LogP contribution >= 0.6 is 15.9 Å². The Hall–Kier alpha value is -1.75. The van der Waals surface area contributed by atoms with Crippen molar-refractivity contribution in [3.05, 3.63) is 64.1 Å². The monoisotopic (exact) mass is 322 g/mol. The number of carbonyl (C=O) groups is 1. The quantitative estimate of drug-likeness (QED) is 0.813. The van der Waals surface area contributed by atoms with Crippen molar-refractivity contribution in [1.29, 1.82) is 0 Å². The Labute approximate surface area is 119 Å². The van der Waals surface area contributed by atoms with Gasteiger partial charge in [-0.25, -0.2) is 4.98 Å². The number of benzene rings is 1. The highest BCUT2D eigenvalue weighted by Gasteiger charge is 2.16. The van der Waals surface area contributed by atoms with Gasteiger partial charge in [-0.1, -0.05) is 28.1 Å². The van der Waals surface area contributed by atoms with Gasteiger partial charge in [0, 0.05) is 24.3 Å². The summed E-state index contributed by atoms with van der Waals surface area (Å²) in [6.07, 6.45) is 1.32. The molecule has 0 aliphatic carbocycles. The summed E-state index contributed by atoms with van der Waals surface area (Å²) in [4.78, 5) is 17.0. The molecule has 0 bridgehead atoms. The van der Waals surface area contributed by atoms with Crippen molar-refractivity contribution in [2.75, 3.05) is 7.05 Å². The number of hydrogen-bond acceptors (Lipinski definition) is 2. The van der Waals surface area contributed by atoms with E-state index < -0.39 is 5.95 Å². The Kier molecular flexibility index (Phi) is 4.27. The molecule has 1 heterocycles. The Balaban J connectivity index is 2.14. The highest BCUT2D eigenvalue weighted by Crippen LogP contribution is 2.14. The summed E-state index contributed by atoms with van der Waals surface area (Å²) in [5.41, 5.74) is 0.953. The van der Waals surface area contributed by atoms with Crippen molar-refractivity contribution in [3.63, 3.8) is 0 Å². The molecule has 0 unspecified atom stereocenters. The predicted molar refractivity (Wildman–Crippen MR) is 74.1 cm³/mol. The molecule has 0 aliphatic heterocycles. The number of amides is 1. The number of aromatic nitrogens is 1. The van der Waals surface area contributed by atoms with Gasteiger partial charge in [0.25, 0.3) is 5.91 Å². The molecular formula is C14H12BrFN2O. The van der Waals surface area contributed by atoms with Gasteiger partial charge in [0.1, 0.15) is 0 Å². The number of hydrogen-bond donors (Lipinski definition) is 0. The number of pyridine rings is 1. The standard InChI is InChI=1S/C14H12BrFN2O/c1-18(9-10-4-2-5-11(15)8-10)14(19)12-6-3-7-17-13(12)16/h2-8H,9H2,1H3. The summed E-state index contributed by atoms with van der Waals surface area (Å²) >= 11 is 3.37. The fourth-order valence-electron chi connectivity index (χ4n) is 1.73. The summed E-state index contributed by atoms with van der Waals surface area (Å²) < 4.78 is 14.4. The third-order valence-electron chi connectivity index (χ3n) is 2.64. The molecule has 2 rings (SSSR count). The molecule has 0 atom stereocenters. The van der Waals surface area contributed by atoms with Crippen LogP contribution in [-0.4, -0.2) is 22.8 Å². The second-order valence-corrected chi connectivity index (χ2v) is 5.05. The van der Waals surface area contributed by atoms with E-state index in [1.54, 1.807) is 13.1 Å². The molecule has 98 valence electrons. The van der Waals surface area contributed by atoms with E-state index in [2.05, 4.69) is 20.9 Å². The van der Waals surface area contributed by atoms with E-state index in [-0.39, 0.29) is 11.5 Å². The second kappa shape index (κ2) is 5.93. The Morgan fingerprint density at radius 3 is 2.84 bits per heavy atom. The molecule has 0 N–H and O–H groups in total. The first kappa shape index (κ1) is 13.7. The van der Waals surface area contributed by atoms with Gasteiger partial charge < -0.3 is 4.90 Å². The van der Waals surface area contributed by atoms with E-state index >= 15 is 0 Å². The number of rotatable bonds is 3. The van der Waals surface area contributed by atoms with E-state index in [0.29, 0.717) is 6.54 Å². The zero-order chi connectivity index (χ0) is 13.8. The van der Waals surface area contributed by atoms with E-state index in [1.807, 2.05) is 24.3 Å². The predicted octanol–water partition coefficient (Wildman–Crippen LogP) is 3.26. The maximum absolute atomic E-state index is 13.4. The van der Waals surface area contributed by atoms with Crippen LogP contribution in [0, 0.1) is 5.95 Å². The van der Waals surface area contributed by atoms with Crippen molar-refractivity contribution in [2.45, 2.75) is 6.54 Å². The minimum atomic E-state index is -0.742. The smallest absolute Gasteiger partial charge is 0.258 e. The molecule has 3 nitrogen and oxygen atoms in total. The van der Waals surface area contributed by atoms with Crippen LogP contribution in [0.2, 0.25) is 0 Å². The summed E-state index contributed by atoms with van der Waals surface area (Å²) in [7, 11) is 1.63. The Bertz CT molecular complexity index is 604. The molecule has 2 aromatic rings. The molecule has 0 fully saturated rings. The van der Waals surface area contributed by atoms with E-state index in [4.69, 9.17) is 0 Å². The lowest BCUT2D eigenvalue weighted by molar-refractivity contribution is 0.0779. The fraction of sp³-hybridized carbons (Fsp3) is 0.143. The highest BCUT2D eigenvalue weighted by molar-refractivity contribution is 9.10. The second-order valence-electron chi connectivity index (χ2n) is 4.13. The first-order valence-corrected chi connectivity index (χ1v) is 6.47. The van der Waals surface area contributed by atoms with Crippen LogP contribution in [0.3, 0.4) is 0 Å². The van der Waals surface area contributed by atoms with E-state index in [9.17, 15) is 9.18 Å². The maximum atomic E-state index is 13.4. The van der Waals surface area contributed by atoms with Crippen molar-refractivity contribution in [3.8, 4) is 0 Å². The SMILES string of the molecule is CN(Cc1cccc(Br)c1)C(=O)c1cccnc1F. The average molecular weight is 323 g/mol. The maximum Gasteiger partial charge on any atom is 0.258 e. The molecule has 0 aliphatic rings. The fourth-order valence-corrected chi connectivity index (χ4v) is 2.18. The third kappa shape index (κ3) is 3.38. The minimum Gasteiger partial charge on any atom is -0.337 e. The summed E-state index contributed by atoms with van der Waals surface area (Å²) in [6.45, 7) is 0.409. The van der Waals surface area contributed by atoms with Gasteiger partial charge in [0.15, 0.2) is 0 Å². The molecular weight excluding hydrogens is 311 g/mol. The van der Waals surface area contributed by atoms with Crippen LogP contribution in [0.5, 0.6) is 0 Å². The normalized spacial score (nSPS) is 10.3. The van der Waals surface area contributed by atoms with Crippen LogP contribution in [-0.2, 0) is 6.54 Å². The van der Waals surface area contributed by atoms with Crippen LogP contribution in [0.1, 0.15) is 15.9 Å². The average Bonchev–Trinajstić information content (AvgIpc) is 2.38. The molecule has 1 aromatic carbocycles. The first-order chi connectivity index (χ1) is 9.08. The van der Waals surface area contributed by atoms with Gasteiger partial charge in [-0.15, -0.1) is 0 Å². The summed E-state index contributed by atoms with van der Waals surface area (Å²) in [5, 5.41) is 0. The van der Waals surface area contributed by atoms with Gasteiger partial charge >= 0.3 is 0 Å². The van der Waals surface area contributed by atoms with Gasteiger partial charge in [-0.2, -0.15) is 4.39 Å². The van der Waals surface area contributed by atoms with Crippen molar-refractivity contribution >= 4 is 21.8 Å². The van der Waals surface area contributed by atoms with E-state index in [1.165, 1.54) is 17.2 Å². The lowest BCUT2D eigenvalue weighted by Crippen LogP contribution is -2.27. The van der Waals surface area contributed by atoms with E-state index in [0.717, 1.165) is 10.0 Å². The van der Waals surface area contributed by atoms with Gasteiger partial charge in [0.05, 0.1) is 5.56 Å². The van der Waals surface area contributed by atoms with Crippen LogP contribution < -0.4 is 0 Å². The lowest BCUT2D eigenvalue weighted by atomic mass is 10.2. The number of carbonyl (C=O) groups excluding carboxylic acids is 1. The Morgan fingerprint density at radius 1 is 1.37 bits per heavy atom. The zero-order valence-corrected chi connectivity index (χ0v) is 11.9. The highest BCUT2D eigenvalue weighted by atomic mass is 79.9. The molecule has 0 spiro atoms. The van der Waals surface area contributed by atoms with Crippen LogP contribution in [0.4, 0.5) is 4.39 Å². The van der Waals surface area contributed by atoms with Crippen molar-refractivity contribution < 1.29 is 9.18 Å². The molecule has 0 radical (unpaired) electrons. The topological polar surface area (TPSA) is 33.2 Å². The van der Waals surface area contributed by atoms with Crippen molar-refractivity contribution in [1.82, 2.24) is 9.88 Å². The third-order valence-corrected chi connectivity index (χ3v) is 3.14. The van der Waals surface area contributed by atoms with Crippen LogP contribution in [0.25, 0.3) is 0 Å². The van der Waals surface area contributed by atoms with Gasteiger partial charge in [-0.05, 0) is 29.8 Å². The molecule has 19 heavy (non-hydrogen) atoms. The number of halogens is 2. The molecule has 0 saturated carbocycles. The summed E-state index contributed by atoms with van der Waals surface area (Å²) in [6, 6.07) is 10.6. The van der Waals surface area contributed by atoms with Crippen molar-refractivity contribution in [2.24, 2.45) is 0 Å². The largest absolute Gasteiger partial charge is 0.337 e.